The predicted molar refractivity (Wildman–Crippen MR) is 314 cm³/mol. The maximum absolute atomic E-state index is 10.6. The van der Waals surface area contributed by atoms with Gasteiger partial charge in [0.05, 0.1) is 56.7 Å². The highest BCUT2D eigenvalue weighted by Gasteiger charge is 2.27. The molecule has 7 nitrogen and oxygen atoms in total. The van der Waals surface area contributed by atoms with Crippen molar-refractivity contribution in [2.45, 2.75) is 105 Å². The summed E-state index contributed by atoms with van der Waals surface area (Å²) in [6.45, 7) is 27.1. The zero-order valence-corrected chi connectivity index (χ0v) is 45.7. The summed E-state index contributed by atoms with van der Waals surface area (Å²) in [5.41, 5.74) is 15.6. The van der Waals surface area contributed by atoms with Gasteiger partial charge in [0, 0.05) is 38.2 Å². The first-order chi connectivity index (χ1) is 36.1. The van der Waals surface area contributed by atoms with Crippen molar-refractivity contribution in [3.63, 3.8) is 0 Å². The van der Waals surface area contributed by atoms with Gasteiger partial charge in [-0.25, -0.2) is 15.0 Å². The molecule has 0 unspecified atom stereocenters. The SMILES string of the molecule is CC(C)(C)c1ccc2c(c1)c1cc(C(C)(C)C)ccc1n2-c1ccc(-c2ccccc2C#N)cc1-c1nc(-c2ccccc2)nc(-c2ccc(C#N)cc2-n2c3ccc(C(C)(C)C)cc3c3cc(C(C)(C)C)ccc32)n1. The van der Waals surface area contributed by atoms with Crippen molar-refractivity contribution in [2.24, 2.45) is 0 Å². The lowest BCUT2D eigenvalue weighted by Gasteiger charge is -2.20. The number of rotatable bonds is 6. The Morgan fingerprint density at radius 1 is 0.342 bits per heavy atom. The second-order valence-corrected chi connectivity index (χ2v) is 24.5. The maximum Gasteiger partial charge on any atom is 0.166 e. The van der Waals surface area contributed by atoms with Gasteiger partial charge < -0.3 is 9.13 Å². The zero-order valence-electron chi connectivity index (χ0n) is 45.7. The van der Waals surface area contributed by atoms with Gasteiger partial charge in [-0.3, -0.25) is 0 Å². The highest BCUT2D eigenvalue weighted by Crippen LogP contribution is 2.44. The van der Waals surface area contributed by atoms with Crippen LogP contribution in [0.2, 0.25) is 0 Å². The summed E-state index contributed by atoms with van der Waals surface area (Å²) in [6, 6.07) is 62.2. The van der Waals surface area contributed by atoms with E-state index < -0.39 is 0 Å². The monoisotopic (exact) mass is 990 g/mol. The standard InChI is InChI=1S/C69H63N7/c1-66(2,3)46-24-30-57-52(36-46)53-37-47(67(4,5)6)25-31-58(53)75(57)61-29-23-44(50-21-17-16-20-45(50)41-71)35-56(61)65-73-63(43-18-14-13-15-19-43)72-64(74-65)51-28-22-42(40-70)34-62(51)76-59-32-26-48(68(7,8)9)38-54(59)55-39-49(69(10,11)12)27-33-60(55)76/h13-39H,1-12H3. The molecule has 0 aliphatic rings. The summed E-state index contributed by atoms with van der Waals surface area (Å²) in [4.78, 5) is 16.4. The van der Waals surface area contributed by atoms with E-state index in [-0.39, 0.29) is 21.7 Å². The Bertz CT molecular complexity index is 4080. The highest BCUT2D eigenvalue weighted by atomic mass is 15.1. The summed E-state index contributed by atoms with van der Waals surface area (Å²) >= 11 is 0. The average Bonchev–Trinajstić information content (AvgIpc) is 3.96. The van der Waals surface area contributed by atoms with Gasteiger partial charge in [-0.15, -0.1) is 0 Å². The molecule has 76 heavy (non-hydrogen) atoms. The Morgan fingerprint density at radius 3 is 1.24 bits per heavy atom. The molecular weight excluding hydrogens is 927 g/mol. The number of hydrogen-bond donors (Lipinski definition) is 0. The van der Waals surface area contributed by atoms with E-state index in [2.05, 4.69) is 195 Å². The number of fused-ring (bicyclic) bond motifs is 6. The van der Waals surface area contributed by atoms with E-state index in [0.29, 0.717) is 28.6 Å². The topological polar surface area (TPSA) is 96.1 Å². The van der Waals surface area contributed by atoms with Crippen molar-refractivity contribution in [1.29, 1.82) is 10.5 Å². The molecule has 11 rings (SSSR count). The van der Waals surface area contributed by atoms with Crippen molar-refractivity contribution >= 4 is 43.6 Å². The molecule has 3 aromatic heterocycles. The number of nitrogens with zero attached hydrogens (tertiary/aromatic N) is 7. The Labute approximate surface area is 446 Å². The molecule has 0 bridgehead atoms. The molecule has 0 spiro atoms. The molecule has 0 saturated heterocycles. The molecule has 8 aromatic carbocycles. The fourth-order valence-electron chi connectivity index (χ4n) is 10.7. The first kappa shape index (κ1) is 49.6. The van der Waals surface area contributed by atoms with E-state index in [0.717, 1.165) is 82.8 Å². The van der Waals surface area contributed by atoms with Crippen molar-refractivity contribution < 1.29 is 0 Å². The van der Waals surface area contributed by atoms with Crippen LogP contribution in [0.25, 0.3) is 100 Å². The molecule has 7 heteroatoms. The van der Waals surface area contributed by atoms with Crippen LogP contribution in [0, 0.1) is 22.7 Å². The van der Waals surface area contributed by atoms with E-state index in [1.54, 1.807) is 0 Å². The maximum atomic E-state index is 10.6. The second-order valence-electron chi connectivity index (χ2n) is 24.5. The molecule has 0 aliphatic heterocycles. The first-order valence-electron chi connectivity index (χ1n) is 26.3. The van der Waals surface area contributed by atoms with E-state index in [1.807, 2.05) is 72.8 Å². The van der Waals surface area contributed by atoms with Gasteiger partial charge in [-0.05, 0) is 140 Å². The Hall–Kier alpha value is -8.65. The fourth-order valence-corrected chi connectivity index (χ4v) is 10.7. The number of nitriles is 2. The minimum absolute atomic E-state index is 0.0748. The van der Waals surface area contributed by atoms with E-state index in [4.69, 9.17) is 15.0 Å². The molecule has 374 valence electrons. The summed E-state index contributed by atoms with van der Waals surface area (Å²) in [7, 11) is 0. The van der Waals surface area contributed by atoms with E-state index in [9.17, 15) is 10.5 Å². The summed E-state index contributed by atoms with van der Waals surface area (Å²) in [5.74, 6) is 1.42. The van der Waals surface area contributed by atoms with Crippen LogP contribution in [0.5, 0.6) is 0 Å². The second kappa shape index (κ2) is 18.0. The molecule has 0 radical (unpaired) electrons. The van der Waals surface area contributed by atoms with Gasteiger partial charge in [0.25, 0.3) is 0 Å². The third-order valence-electron chi connectivity index (χ3n) is 15.1. The van der Waals surface area contributed by atoms with Crippen LogP contribution in [0.3, 0.4) is 0 Å². The minimum Gasteiger partial charge on any atom is -0.309 e. The van der Waals surface area contributed by atoms with Crippen molar-refractivity contribution in [1.82, 2.24) is 24.1 Å². The first-order valence-corrected chi connectivity index (χ1v) is 26.3. The van der Waals surface area contributed by atoms with Gasteiger partial charge in [0.1, 0.15) is 0 Å². The van der Waals surface area contributed by atoms with Crippen molar-refractivity contribution in [2.75, 3.05) is 0 Å². The Kier molecular flexibility index (Phi) is 11.8. The van der Waals surface area contributed by atoms with Gasteiger partial charge in [-0.1, -0.05) is 162 Å². The van der Waals surface area contributed by atoms with Crippen LogP contribution in [-0.4, -0.2) is 24.1 Å². The molecule has 0 amide bonds. The van der Waals surface area contributed by atoms with Crippen LogP contribution < -0.4 is 0 Å². The van der Waals surface area contributed by atoms with Crippen molar-refractivity contribution in [3.05, 3.63) is 197 Å². The fraction of sp³-hybridized carbons (Fsp3) is 0.232. The molecule has 0 fully saturated rings. The van der Waals surface area contributed by atoms with Gasteiger partial charge in [-0.2, -0.15) is 10.5 Å². The lowest BCUT2D eigenvalue weighted by Crippen LogP contribution is -2.10. The lowest BCUT2D eigenvalue weighted by atomic mass is 9.85. The molecule has 3 heterocycles. The predicted octanol–water partition coefficient (Wildman–Crippen LogP) is 17.7. The number of benzene rings is 8. The summed E-state index contributed by atoms with van der Waals surface area (Å²) in [6.07, 6.45) is 0. The van der Waals surface area contributed by atoms with Crippen LogP contribution in [-0.2, 0) is 21.7 Å². The highest BCUT2D eigenvalue weighted by molar-refractivity contribution is 6.12. The number of hydrogen-bond acceptors (Lipinski definition) is 5. The third-order valence-corrected chi connectivity index (χ3v) is 15.1. The Morgan fingerprint density at radius 2 is 0.776 bits per heavy atom. The smallest absolute Gasteiger partial charge is 0.166 e. The Balaban J connectivity index is 1.24. The summed E-state index contributed by atoms with van der Waals surface area (Å²) in [5, 5.41) is 25.7. The lowest BCUT2D eigenvalue weighted by molar-refractivity contribution is 0.590. The van der Waals surface area contributed by atoms with Gasteiger partial charge in [0.2, 0.25) is 0 Å². The quantitative estimate of drug-likeness (QED) is 0.165. The van der Waals surface area contributed by atoms with E-state index in [1.165, 1.54) is 22.3 Å². The number of aromatic nitrogens is 5. The average molecular weight is 990 g/mol. The molecule has 0 N–H and O–H groups in total. The van der Waals surface area contributed by atoms with E-state index >= 15 is 0 Å². The van der Waals surface area contributed by atoms with Crippen LogP contribution in [0.4, 0.5) is 0 Å². The van der Waals surface area contributed by atoms with Gasteiger partial charge in [0.15, 0.2) is 17.5 Å². The third kappa shape index (κ3) is 8.70. The van der Waals surface area contributed by atoms with Crippen molar-refractivity contribution in [3.8, 4) is 68.8 Å². The van der Waals surface area contributed by atoms with Gasteiger partial charge >= 0.3 is 0 Å². The largest absolute Gasteiger partial charge is 0.309 e. The molecule has 0 atom stereocenters. The summed E-state index contributed by atoms with van der Waals surface area (Å²) < 4.78 is 4.64. The zero-order chi connectivity index (χ0) is 53.6. The molecular formula is C69H63N7. The molecule has 0 saturated carbocycles. The molecule has 11 aromatic rings. The molecule has 0 aliphatic carbocycles. The van der Waals surface area contributed by atoms with Crippen LogP contribution in [0.1, 0.15) is 116 Å². The normalized spacial score (nSPS) is 12.4. The minimum atomic E-state index is -0.0813. The van der Waals surface area contributed by atoms with Crippen LogP contribution >= 0.6 is 0 Å². The van der Waals surface area contributed by atoms with Crippen LogP contribution in [0.15, 0.2) is 164 Å².